The molecule has 0 aliphatic rings. The van der Waals surface area contributed by atoms with E-state index in [1.54, 1.807) is 22.7 Å². The average Bonchev–Trinajstić information content (AvgIpc) is 2.63. The number of imidazole rings is 1. The quantitative estimate of drug-likeness (QED) is 0.843. The zero-order valence-corrected chi connectivity index (χ0v) is 9.52. The minimum Gasteiger partial charge on any atom is -0.481 e. The number of carbonyl (C=O) groups excluding carboxylic acids is 1. The number of fused-ring (bicyclic) bond motifs is 1. The van der Waals surface area contributed by atoms with Crippen LogP contribution in [0, 0.1) is 0 Å². The standard InChI is InChI=1S/C11H9ClN2O3/c12-7-1-2-9-8(6-15)13-10(14(9)5-7)3-4-11(16)17/h1-2,5-6H,3-4H2,(H,16,17). The number of aliphatic carboxylic acids is 1. The van der Waals surface area contributed by atoms with Crippen molar-refractivity contribution in [1.82, 2.24) is 9.38 Å². The molecule has 0 aliphatic carbocycles. The van der Waals surface area contributed by atoms with Gasteiger partial charge in [0.2, 0.25) is 0 Å². The molecule has 0 unspecified atom stereocenters. The van der Waals surface area contributed by atoms with E-state index in [9.17, 15) is 9.59 Å². The van der Waals surface area contributed by atoms with Crippen LogP contribution in [0.5, 0.6) is 0 Å². The maximum absolute atomic E-state index is 10.8. The lowest BCUT2D eigenvalue weighted by atomic mass is 10.3. The molecule has 0 bridgehead atoms. The SMILES string of the molecule is O=Cc1nc(CCC(=O)O)n2cc(Cl)ccc12. The molecule has 5 nitrogen and oxygen atoms in total. The molecule has 2 aromatic rings. The van der Waals surface area contributed by atoms with Gasteiger partial charge in [0.1, 0.15) is 11.5 Å². The molecule has 17 heavy (non-hydrogen) atoms. The van der Waals surface area contributed by atoms with E-state index in [1.807, 2.05) is 0 Å². The Morgan fingerprint density at radius 2 is 2.29 bits per heavy atom. The first-order valence-corrected chi connectivity index (χ1v) is 5.33. The van der Waals surface area contributed by atoms with Gasteiger partial charge < -0.3 is 9.51 Å². The molecule has 2 rings (SSSR count). The molecule has 88 valence electrons. The van der Waals surface area contributed by atoms with Gasteiger partial charge >= 0.3 is 5.97 Å². The number of carboxylic acids is 1. The summed E-state index contributed by atoms with van der Waals surface area (Å²) in [5.74, 6) is -0.386. The lowest BCUT2D eigenvalue weighted by molar-refractivity contribution is -0.137. The highest BCUT2D eigenvalue weighted by atomic mass is 35.5. The minimum atomic E-state index is -0.906. The summed E-state index contributed by atoms with van der Waals surface area (Å²) in [5, 5.41) is 9.14. The summed E-state index contributed by atoms with van der Waals surface area (Å²) in [7, 11) is 0. The summed E-state index contributed by atoms with van der Waals surface area (Å²) >= 11 is 5.85. The van der Waals surface area contributed by atoms with E-state index in [1.165, 1.54) is 0 Å². The summed E-state index contributed by atoms with van der Waals surface area (Å²) in [6.45, 7) is 0. The molecule has 0 fully saturated rings. The van der Waals surface area contributed by atoms with Gasteiger partial charge in [-0.1, -0.05) is 11.6 Å². The molecular weight excluding hydrogens is 244 g/mol. The summed E-state index contributed by atoms with van der Waals surface area (Å²) in [6, 6.07) is 3.34. The Bertz CT molecular complexity index is 592. The number of nitrogens with zero attached hydrogens (tertiary/aromatic N) is 2. The van der Waals surface area contributed by atoms with E-state index in [-0.39, 0.29) is 12.8 Å². The summed E-state index contributed by atoms with van der Waals surface area (Å²) in [5.41, 5.74) is 0.923. The third-order valence-corrected chi connectivity index (χ3v) is 2.60. The largest absolute Gasteiger partial charge is 0.481 e. The van der Waals surface area contributed by atoms with Crippen LogP contribution in [0.25, 0.3) is 5.52 Å². The highest BCUT2D eigenvalue weighted by Crippen LogP contribution is 2.17. The number of aldehydes is 1. The van der Waals surface area contributed by atoms with Crippen LogP contribution in [0.15, 0.2) is 18.3 Å². The topological polar surface area (TPSA) is 71.7 Å². The van der Waals surface area contributed by atoms with Crippen LogP contribution in [-0.4, -0.2) is 26.7 Å². The molecule has 0 saturated carbocycles. The highest BCUT2D eigenvalue weighted by molar-refractivity contribution is 6.30. The Balaban J connectivity index is 2.50. The monoisotopic (exact) mass is 252 g/mol. The minimum absolute atomic E-state index is 0.0378. The van der Waals surface area contributed by atoms with Gasteiger partial charge in [-0.15, -0.1) is 0 Å². The van der Waals surface area contributed by atoms with Gasteiger partial charge in [0.05, 0.1) is 17.0 Å². The predicted octanol–water partition coefficient (Wildman–Crippen LogP) is 1.82. The van der Waals surface area contributed by atoms with Crippen LogP contribution in [0.1, 0.15) is 22.7 Å². The van der Waals surface area contributed by atoms with E-state index in [2.05, 4.69) is 4.98 Å². The molecule has 6 heteroatoms. The fourth-order valence-corrected chi connectivity index (χ4v) is 1.79. The van der Waals surface area contributed by atoms with Crippen molar-refractivity contribution < 1.29 is 14.7 Å². The first-order valence-electron chi connectivity index (χ1n) is 4.95. The molecule has 0 atom stereocenters. The van der Waals surface area contributed by atoms with Gasteiger partial charge in [-0.3, -0.25) is 9.59 Å². The number of hydrogen-bond acceptors (Lipinski definition) is 3. The Morgan fingerprint density at radius 1 is 1.53 bits per heavy atom. The smallest absolute Gasteiger partial charge is 0.303 e. The molecule has 0 aliphatic heterocycles. The van der Waals surface area contributed by atoms with E-state index < -0.39 is 5.97 Å². The number of hydrogen-bond donors (Lipinski definition) is 1. The second-order valence-electron chi connectivity index (χ2n) is 3.53. The number of aromatic nitrogens is 2. The van der Waals surface area contributed by atoms with Crippen molar-refractivity contribution >= 4 is 29.4 Å². The fourth-order valence-electron chi connectivity index (χ4n) is 1.63. The Kier molecular flexibility index (Phi) is 3.10. The van der Waals surface area contributed by atoms with Crippen molar-refractivity contribution in [2.45, 2.75) is 12.8 Å². The van der Waals surface area contributed by atoms with Gasteiger partial charge in [-0.05, 0) is 12.1 Å². The molecule has 0 radical (unpaired) electrons. The van der Waals surface area contributed by atoms with Crippen molar-refractivity contribution in [3.05, 3.63) is 34.9 Å². The van der Waals surface area contributed by atoms with E-state index >= 15 is 0 Å². The second kappa shape index (κ2) is 4.55. The lowest BCUT2D eigenvalue weighted by Gasteiger charge is -1.99. The third-order valence-electron chi connectivity index (χ3n) is 2.38. The summed E-state index contributed by atoms with van der Waals surface area (Å²) in [6.07, 6.45) is 2.48. The zero-order valence-electron chi connectivity index (χ0n) is 8.76. The van der Waals surface area contributed by atoms with Gasteiger partial charge in [-0.2, -0.15) is 0 Å². The molecule has 1 N–H and O–H groups in total. The van der Waals surface area contributed by atoms with Crippen molar-refractivity contribution in [3.8, 4) is 0 Å². The average molecular weight is 253 g/mol. The third kappa shape index (κ3) is 2.29. The Labute approximate surface area is 102 Å². The molecule has 0 amide bonds. The number of pyridine rings is 1. The first-order chi connectivity index (χ1) is 8.11. The summed E-state index contributed by atoms with van der Waals surface area (Å²) in [4.78, 5) is 25.4. The molecule has 0 spiro atoms. The number of carbonyl (C=O) groups is 2. The second-order valence-corrected chi connectivity index (χ2v) is 3.96. The van der Waals surface area contributed by atoms with Crippen molar-refractivity contribution in [1.29, 1.82) is 0 Å². The van der Waals surface area contributed by atoms with Gasteiger partial charge in [0.15, 0.2) is 6.29 Å². The molecular formula is C11H9ClN2O3. The van der Waals surface area contributed by atoms with Gasteiger partial charge in [0.25, 0.3) is 0 Å². The predicted molar refractivity (Wildman–Crippen MR) is 61.5 cm³/mol. The first kappa shape index (κ1) is 11.6. The Morgan fingerprint density at radius 3 is 2.94 bits per heavy atom. The van der Waals surface area contributed by atoms with Crippen LogP contribution in [-0.2, 0) is 11.2 Å². The van der Waals surface area contributed by atoms with Crippen LogP contribution in [0.2, 0.25) is 5.02 Å². The van der Waals surface area contributed by atoms with Crippen molar-refractivity contribution in [3.63, 3.8) is 0 Å². The van der Waals surface area contributed by atoms with Crippen LogP contribution >= 0.6 is 11.6 Å². The zero-order chi connectivity index (χ0) is 12.4. The highest BCUT2D eigenvalue weighted by Gasteiger charge is 2.11. The van der Waals surface area contributed by atoms with Gasteiger partial charge in [0, 0.05) is 12.6 Å². The van der Waals surface area contributed by atoms with E-state index in [4.69, 9.17) is 16.7 Å². The molecule has 0 aromatic carbocycles. The van der Waals surface area contributed by atoms with Crippen LogP contribution < -0.4 is 0 Å². The fraction of sp³-hybridized carbons (Fsp3) is 0.182. The van der Waals surface area contributed by atoms with E-state index in [0.717, 1.165) is 0 Å². The normalized spacial score (nSPS) is 10.6. The molecule has 2 heterocycles. The van der Waals surface area contributed by atoms with Gasteiger partial charge in [-0.25, -0.2) is 4.98 Å². The van der Waals surface area contributed by atoms with Crippen LogP contribution in [0.3, 0.4) is 0 Å². The van der Waals surface area contributed by atoms with Crippen molar-refractivity contribution in [2.24, 2.45) is 0 Å². The number of rotatable bonds is 4. The Hall–Kier alpha value is -1.88. The molecule has 2 aromatic heterocycles. The lowest BCUT2D eigenvalue weighted by Crippen LogP contribution is -2.01. The number of aryl methyl sites for hydroxylation is 1. The summed E-state index contributed by atoms with van der Waals surface area (Å²) < 4.78 is 1.65. The van der Waals surface area contributed by atoms with Crippen LogP contribution in [0.4, 0.5) is 0 Å². The van der Waals surface area contributed by atoms with E-state index in [0.29, 0.717) is 28.3 Å². The maximum Gasteiger partial charge on any atom is 0.303 e. The number of carboxylic acid groups (broad SMARTS) is 1. The van der Waals surface area contributed by atoms with Crippen molar-refractivity contribution in [2.75, 3.05) is 0 Å². The maximum atomic E-state index is 10.8. The molecule has 0 saturated heterocycles. The number of halogens is 1.